The summed E-state index contributed by atoms with van der Waals surface area (Å²) in [6, 6.07) is 13.1. The summed E-state index contributed by atoms with van der Waals surface area (Å²) in [5.74, 6) is -1.86. The molecule has 3 aromatic rings. The molecule has 178 valence electrons. The van der Waals surface area contributed by atoms with Gasteiger partial charge < -0.3 is 4.90 Å². The SMILES string of the molecule is CCN(C[C@H]1CCCN1C(=O)c1cc(-c2ccc(F)c(F)c2)nc2ccccc12)N1CCCC1. The minimum atomic E-state index is -0.929. The van der Waals surface area contributed by atoms with Gasteiger partial charge in [-0.15, -0.1) is 0 Å². The van der Waals surface area contributed by atoms with Crippen LogP contribution in [0.5, 0.6) is 0 Å². The molecule has 0 aliphatic carbocycles. The van der Waals surface area contributed by atoms with E-state index in [1.165, 1.54) is 18.9 Å². The summed E-state index contributed by atoms with van der Waals surface area (Å²) < 4.78 is 27.4. The Hall–Kier alpha value is -2.90. The van der Waals surface area contributed by atoms with Gasteiger partial charge in [-0.2, -0.15) is 0 Å². The number of carbonyl (C=O) groups is 1. The van der Waals surface area contributed by atoms with E-state index in [4.69, 9.17) is 0 Å². The highest BCUT2D eigenvalue weighted by molar-refractivity contribution is 6.07. The summed E-state index contributed by atoms with van der Waals surface area (Å²) in [7, 11) is 0. The van der Waals surface area contributed by atoms with E-state index in [1.807, 2.05) is 29.2 Å². The fourth-order valence-electron chi connectivity index (χ4n) is 5.27. The van der Waals surface area contributed by atoms with Crippen LogP contribution in [0.1, 0.15) is 43.0 Å². The number of hydrogen-bond donors (Lipinski definition) is 0. The minimum Gasteiger partial charge on any atom is -0.334 e. The molecule has 2 aliphatic rings. The first kappa shape index (κ1) is 22.9. The van der Waals surface area contributed by atoms with E-state index in [2.05, 4.69) is 21.9 Å². The largest absolute Gasteiger partial charge is 0.334 e. The van der Waals surface area contributed by atoms with Crippen molar-refractivity contribution < 1.29 is 13.6 Å². The third-order valence-electron chi connectivity index (χ3n) is 7.07. The number of likely N-dealkylation sites (N-methyl/N-ethyl adjacent to an activating group) is 1. The first-order chi connectivity index (χ1) is 16.5. The molecular formula is C27H30F2N4O. The van der Waals surface area contributed by atoms with Crippen LogP contribution in [0.3, 0.4) is 0 Å². The molecular weight excluding hydrogens is 434 g/mol. The van der Waals surface area contributed by atoms with Crippen LogP contribution in [-0.4, -0.2) is 64.6 Å². The number of para-hydroxylation sites is 1. The van der Waals surface area contributed by atoms with E-state index >= 15 is 0 Å². The molecule has 0 bridgehead atoms. The van der Waals surface area contributed by atoms with Crippen LogP contribution in [0, 0.1) is 11.6 Å². The zero-order valence-electron chi connectivity index (χ0n) is 19.5. The molecule has 2 aliphatic heterocycles. The highest BCUT2D eigenvalue weighted by atomic mass is 19.2. The van der Waals surface area contributed by atoms with Crippen LogP contribution in [0.25, 0.3) is 22.2 Å². The molecule has 0 spiro atoms. The van der Waals surface area contributed by atoms with Crippen LogP contribution in [0.2, 0.25) is 0 Å². The summed E-state index contributed by atoms with van der Waals surface area (Å²) in [4.78, 5) is 20.5. The second-order valence-electron chi connectivity index (χ2n) is 9.16. The zero-order valence-corrected chi connectivity index (χ0v) is 19.5. The molecule has 5 rings (SSSR count). The Labute approximate surface area is 198 Å². The van der Waals surface area contributed by atoms with E-state index < -0.39 is 11.6 Å². The molecule has 3 heterocycles. The van der Waals surface area contributed by atoms with Gasteiger partial charge in [0.2, 0.25) is 0 Å². The highest BCUT2D eigenvalue weighted by Crippen LogP contribution is 2.29. The van der Waals surface area contributed by atoms with Gasteiger partial charge in [-0.1, -0.05) is 25.1 Å². The molecule has 0 radical (unpaired) electrons. The van der Waals surface area contributed by atoms with Crippen molar-refractivity contribution in [3.63, 3.8) is 0 Å². The third kappa shape index (κ3) is 4.42. The summed E-state index contributed by atoms with van der Waals surface area (Å²) in [6.07, 6.45) is 4.40. The Morgan fingerprint density at radius 1 is 1.03 bits per heavy atom. The van der Waals surface area contributed by atoms with Gasteiger partial charge in [-0.25, -0.2) is 23.8 Å². The van der Waals surface area contributed by atoms with Gasteiger partial charge in [0.25, 0.3) is 5.91 Å². The Morgan fingerprint density at radius 2 is 1.82 bits per heavy atom. The maximum absolute atomic E-state index is 13.9. The topological polar surface area (TPSA) is 39.7 Å². The molecule has 2 aromatic carbocycles. The highest BCUT2D eigenvalue weighted by Gasteiger charge is 2.33. The van der Waals surface area contributed by atoms with E-state index in [0.717, 1.165) is 63.1 Å². The van der Waals surface area contributed by atoms with Gasteiger partial charge in [0.1, 0.15) is 0 Å². The number of fused-ring (bicyclic) bond motifs is 1. The normalized spacial score (nSPS) is 18.9. The second kappa shape index (κ2) is 9.76. The number of hydrogen-bond acceptors (Lipinski definition) is 4. The number of pyridine rings is 1. The van der Waals surface area contributed by atoms with Crippen LogP contribution in [0.15, 0.2) is 48.5 Å². The first-order valence-electron chi connectivity index (χ1n) is 12.2. The van der Waals surface area contributed by atoms with Gasteiger partial charge in [-0.05, 0) is 56.0 Å². The number of aromatic nitrogens is 1. The maximum atomic E-state index is 13.9. The third-order valence-corrected chi connectivity index (χ3v) is 7.07. The lowest BCUT2D eigenvalue weighted by atomic mass is 10.0. The van der Waals surface area contributed by atoms with Crippen molar-refractivity contribution in [1.82, 2.24) is 19.9 Å². The molecule has 1 amide bonds. The van der Waals surface area contributed by atoms with Crippen LogP contribution >= 0.6 is 0 Å². The van der Waals surface area contributed by atoms with Crippen LogP contribution < -0.4 is 0 Å². The molecule has 0 N–H and O–H groups in total. The minimum absolute atomic E-state index is 0.0255. The number of nitrogens with zero attached hydrogens (tertiary/aromatic N) is 4. The summed E-state index contributed by atoms with van der Waals surface area (Å²) >= 11 is 0. The fourth-order valence-corrected chi connectivity index (χ4v) is 5.27. The molecule has 0 saturated carbocycles. The molecule has 34 heavy (non-hydrogen) atoms. The molecule has 1 aromatic heterocycles. The second-order valence-corrected chi connectivity index (χ2v) is 9.16. The van der Waals surface area contributed by atoms with Crippen molar-refractivity contribution in [2.45, 2.75) is 38.6 Å². The van der Waals surface area contributed by atoms with Crippen molar-refractivity contribution in [1.29, 1.82) is 0 Å². The van der Waals surface area contributed by atoms with Crippen molar-refractivity contribution in [3.05, 3.63) is 65.7 Å². The standard InChI is InChI=1S/C27H30F2N4O/c1-2-31(32-13-5-6-14-32)18-20-8-7-15-33(20)27(34)22-17-26(19-11-12-23(28)24(29)16-19)30-25-10-4-3-9-21(22)25/h3-4,9-12,16-17,20H,2,5-8,13-15,18H2,1H3/t20-/m1/s1. The predicted octanol–water partition coefficient (Wildman–Crippen LogP) is 5.12. The van der Waals surface area contributed by atoms with Gasteiger partial charge in [0.05, 0.1) is 16.8 Å². The van der Waals surface area contributed by atoms with E-state index in [9.17, 15) is 13.6 Å². The molecule has 0 unspecified atom stereocenters. The molecule has 2 fully saturated rings. The van der Waals surface area contributed by atoms with Crippen molar-refractivity contribution >= 4 is 16.8 Å². The number of carbonyl (C=O) groups excluding carboxylic acids is 1. The van der Waals surface area contributed by atoms with Crippen molar-refractivity contribution in [2.24, 2.45) is 0 Å². The zero-order chi connectivity index (χ0) is 23.7. The Morgan fingerprint density at radius 3 is 2.59 bits per heavy atom. The maximum Gasteiger partial charge on any atom is 0.254 e. The average Bonchev–Trinajstić information content (AvgIpc) is 3.55. The lowest BCUT2D eigenvalue weighted by Crippen LogP contribution is -2.49. The average molecular weight is 465 g/mol. The predicted molar refractivity (Wildman–Crippen MR) is 129 cm³/mol. The Kier molecular flexibility index (Phi) is 6.57. The smallest absolute Gasteiger partial charge is 0.254 e. The number of amides is 1. The Balaban J connectivity index is 1.48. The molecule has 5 nitrogen and oxygen atoms in total. The van der Waals surface area contributed by atoms with Crippen molar-refractivity contribution in [2.75, 3.05) is 32.7 Å². The molecule has 7 heteroatoms. The monoisotopic (exact) mass is 464 g/mol. The van der Waals surface area contributed by atoms with Crippen molar-refractivity contribution in [3.8, 4) is 11.3 Å². The number of rotatable bonds is 6. The Bertz CT molecular complexity index is 1190. The lowest BCUT2D eigenvalue weighted by Gasteiger charge is -2.35. The summed E-state index contributed by atoms with van der Waals surface area (Å²) in [5.41, 5.74) is 2.13. The molecule has 1 atom stereocenters. The number of hydrazine groups is 1. The fraction of sp³-hybridized carbons (Fsp3) is 0.407. The van der Waals surface area contributed by atoms with Gasteiger partial charge in [0.15, 0.2) is 11.6 Å². The molecule has 2 saturated heterocycles. The van der Waals surface area contributed by atoms with Gasteiger partial charge in [0, 0.05) is 49.7 Å². The number of halogens is 2. The number of likely N-dealkylation sites (tertiary alicyclic amines) is 1. The van der Waals surface area contributed by atoms with E-state index in [0.29, 0.717) is 22.3 Å². The number of benzene rings is 2. The van der Waals surface area contributed by atoms with Gasteiger partial charge >= 0.3 is 0 Å². The van der Waals surface area contributed by atoms with E-state index in [-0.39, 0.29) is 11.9 Å². The quantitative estimate of drug-likeness (QED) is 0.508. The summed E-state index contributed by atoms with van der Waals surface area (Å²) in [5, 5.41) is 5.58. The van der Waals surface area contributed by atoms with Gasteiger partial charge in [-0.3, -0.25) is 4.79 Å². The lowest BCUT2D eigenvalue weighted by molar-refractivity contribution is -0.0150. The van der Waals surface area contributed by atoms with E-state index in [1.54, 1.807) is 6.07 Å². The van der Waals surface area contributed by atoms with Crippen LogP contribution in [-0.2, 0) is 0 Å². The summed E-state index contributed by atoms with van der Waals surface area (Å²) in [6.45, 7) is 6.82. The first-order valence-corrected chi connectivity index (χ1v) is 12.2. The van der Waals surface area contributed by atoms with Crippen LogP contribution in [0.4, 0.5) is 8.78 Å².